The summed E-state index contributed by atoms with van der Waals surface area (Å²) in [5.41, 5.74) is 1.28. The SMILES string of the molecule is O=C(NCc1ccccn1)C(=O)Nc1ccc(I)cc1. The fourth-order valence-corrected chi connectivity index (χ4v) is 1.83. The summed E-state index contributed by atoms with van der Waals surface area (Å²) in [6, 6.07) is 12.6. The van der Waals surface area contributed by atoms with Crippen LogP contribution in [0.1, 0.15) is 5.69 Å². The molecule has 0 aliphatic carbocycles. The summed E-state index contributed by atoms with van der Waals surface area (Å²) < 4.78 is 1.06. The maximum atomic E-state index is 11.7. The third-order valence-electron chi connectivity index (χ3n) is 2.46. The van der Waals surface area contributed by atoms with E-state index in [4.69, 9.17) is 0 Å². The number of halogens is 1. The van der Waals surface area contributed by atoms with Gasteiger partial charge in [0.15, 0.2) is 0 Å². The molecule has 2 aromatic rings. The molecule has 2 N–H and O–H groups in total. The first kappa shape index (κ1) is 14.4. The summed E-state index contributed by atoms with van der Waals surface area (Å²) in [6.45, 7) is 0.222. The Hall–Kier alpha value is -1.96. The number of benzene rings is 1. The Balaban J connectivity index is 1.86. The van der Waals surface area contributed by atoms with Crippen LogP contribution in [0.3, 0.4) is 0 Å². The molecule has 0 saturated carbocycles. The first-order valence-electron chi connectivity index (χ1n) is 5.90. The first-order chi connectivity index (χ1) is 9.65. The number of carbonyl (C=O) groups is 2. The fraction of sp³-hybridized carbons (Fsp3) is 0.0714. The maximum Gasteiger partial charge on any atom is 0.313 e. The molecule has 1 aromatic heterocycles. The van der Waals surface area contributed by atoms with Crippen LogP contribution in [-0.2, 0) is 16.1 Å². The van der Waals surface area contributed by atoms with Crippen LogP contribution >= 0.6 is 22.6 Å². The Labute approximate surface area is 129 Å². The monoisotopic (exact) mass is 381 g/mol. The molecule has 5 nitrogen and oxygen atoms in total. The largest absolute Gasteiger partial charge is 0.342 e. The molecule has 0 bridgehead atoms. The van der Waals surface area contributed by atoms with Gasteiger partial charge in [-0.25, -0.2) is 0 Å². The van der Waals surface area contributed by atoms with Gasteiger partial charge in [-0.1, -0.05) is 6.07 Å². The molecular weight excluding hydrogens is 369 g/mol. The average Bonchev–Trinajstić information content (AvgIpc) is 2.48. The lowest BCUT2D eigenvalue weighted by molar-refractivity contribution is -0.136. The second-order valence-electron chi connectivity index (χ2n) is 3.96. The van der Waals surface area contributed by atoms with E-state index in [1.54, 1.807) is 30.5 Å². The number of carbonyl (C=O) groups excluding carboxylic acids is 2. The summed E-state index contributed by atoms with van der Waals surface area (Å²) in [6.07, 6.45) is 1.63. The van der Waals surface area contributed by atoms with Crippen molar-refractivity contribution in [3.63, 3.8) is 0 Å². The molecule has 1 heterocycles. The lowest BCUT2D eigenvalue weighted by Gasteiger charge is -2.06. The first-order valence-corrected chi connectivity index (χ1v) is 6.97. The Morgan fingerprint density at radius 1 is 1.05 bits per heavy atom. The Kier molecular flexibility index (Phi) is 5.05. The van der Waals surface area contributed by atoms with Gasteiger partial charge in [0.2, 0.25) is 0 Å². The quantitative estimate of drug-likeness (QED) is 0.631. The zero-order valence-electron chi connectivity index (χ0n) is 10.5. The van der Waals surface area contributed by atoms with Crippen LogP contribution in [0, 0.1) is 3.57 Å². The second-order valence-corrected chi connectivity index (χ2v) is 5.21. The Morgan fingerprint density at radius 3 is 2.45 bits per heavy atom. The second kappa shape index (κ2) is 6.99. The van der Waals surface area contributed by atoms with Crippen molar-refractivity contribution in [2.75, 3.05) is 5.32 Å². The van der Waals surface area contributed by atoms with E-state index in [0.717, 1.165) is 3.57 Å². The molecule has 0 aliphatic rings. The lowest BCUT2D eigenvalue weighted by atomic mass is 10.3. The normalized spacial score (nSPS) is 9.85. The van der Waals surface area contributed by atoms with Gasteiger partial charge in [0.05, 0.1) is 12.2 Å². The molecule has 0 spiro atoms. The van der Waals surface area contributed by atoms with Gasteiger partial charge in [0.1, 0.15) is 0 Å². The highest BCUT2D eigenvalue weighted by molar-refractivity contribution is 14.1. The highest BCUT2D eigenvalue weighted by atomic mass is 127. The van der Waals surface area contributed by atoms with Crippen LogP contribution in [0.25, 0.3) is 0 Å². The molecule has 0 fully saturated rings. The van der Waals surface area contributed by atoms with Gasteiger partial charge in [-0.05, 0) is 59.0 Å². The summed E-state index contributed by atoms with van der Waals surface area (Å²) >= 11 is 2.16. The highest BCUT2D eigenvalue weighted by Gasteiger charge is 2.13. The number of rotatable bonds is 3. The zero-order chi connectivity index (χ0) is 14.4. The minimum Gasteiger partial charge on any atom is -0.342 e. The zero-order valence-corrected chi connectivity index (χ0v) is 12.6. The molecule has 0 radical (unpaired) electrons. The fourth-order valence-electron chi connectivity index (χ4n) is 1.47. The van der Waals surface area contributed by atoms with E-state index in [-0.39, 0.29) is 6.54 Å². The van der Waals surface area contributed by atoms with E-state index in [9.17, 15) is 9.59 Å². The van der Waals surface area contributed by atoms with Gasteiger partial charge in [-0.2, -0.15) is 0 Å². The number of pyridine rings is 1. The molecule has 0 aliphatic heterocycles. The number of anilines is 1. The predicted molar refractivity (Wildman–Crippen MR) is 83.9 cm³/mol. The van der Waals surface area contributed by atoms with Gasteiger partial charge in [0.25, 0.3) is 0 Å². The third-order valence-corrected chi connectivity index (χ3v) is 3.18. The number of hydrogen-bond donors (Lipinski definition) is 2. The number of hydrogen-bond acceptors (Lipinski definition) is 3. The van der Waals surface area contributed by atoms with Gasteiger partial charge in [-0.3, -0.25) is 14.6 Å². The molecule has 0 unspecified atom stereocenters. The minimum absolute atomic E-state index is 0.222. The van der Waals surface area contributed by atoms with E-state index < -0.39 is 11.8 Å². The van der Waals surface area contributed by atoms with Crippen LogP contribution < -0.4 is 10.6 Å². The third kappa shape index (κ3) is 4.30. The van der Waals surface area contributed by atoms with E-state index in [1.807, 2.05) is 18.2 Å². The van der Waals surface area contributed by atoms with Crippen molar-refractivity contribution in [3.8, 4) is 0 Å². The van der Waals surface area contributed by atoms with Crippen LogP contribution in [0.5, 0.6) is 0 Å². The summed E-state index contributed by atoms with van der Waals surface area (Å²) in [4.78, 5) is 27.4. The van der Waals surface area contributed by atoms with Gasteiger partial charge >= 0.3 is 11.8 Å². The molecule has 1 aromatic carbocycles. The molecule has 0 atom stereocenters. The van der Waals surface area contributed by atoms with E-state index in [1.165, 1.54) is 0 Å². The van der Waals surface area contributed by atoms with E-state index in [2.05, 4.69) is 38.2 Å². The molecule has 2 rings (SSSR count). The summed E-state index contributed by atoms with van der Waals surface area (Å²) in [5, 5.41) is 5.05. The maximum absolute atomic E-state index is 11.7. The van der Waals surface area contributed by atoms with Crippen LogP contribution in [0.15, 0.2) is 48.7 Å². The molecule has 2 amide bonds. The number of nitrogens with one attached hydrogen (secondary N) is 2. The van der Waals surface area contributed by atoms with Gasteiger partial charge in [0, 0.05) is 15.5 Å². The summed E-state index contributed by atoms with van der Waals surface area (Å²) in [5.74, 6) is -1.38. The van der Waals surface area contributed by atoms with Crippen molar-refractivity contribution in [3.05, 3.63) is 57.9 Å². The van der Waals surface area contributed by atoms with Gasteiger partial charge < -0.3 is 10.6 Å². The standard InChI is InChI=1S/C14H12IN3O2/c15-10-4-6-11(7-5-10)18-14(20)13(19)17-9-12-3-1-2-8-16-12/h1-8H,9H2,(H,17,19)(H,18,20). The minimum atomic E-state index is -0.692. The Morgan fingerprint density at radius 2 is 1.80 bits per heavy atom. The summed E-state index contributed by atoms with van der Waals surface area (Å²) in [7, 11) is 0. The molecular formula is C14H12IN3O2. The van der Waals surface area contributed by atoms with Crippen molar-refractivity contribution < 1.29 is 9.59 Å². The van der Waals surface area contributed by atoms with Crippen LogP contribution in [-0.4, -0.2) is 16.8 Å². The molecule has 0 saturated heterocycles. The van der Waals surface area contributed by atoms with Crippen LogP contribution in [0.2, 0.25) is 0 Å². The molecule has 102 valence electrons. The molecule has 6 heteroatoms. The average molecular weight is 381 g/mol. The van der Waals surface area contributed by atoms with Crippen molar-refractivity contribution in [2.24, 2.45) is 0 Å². The predicted octanol–water partition coefficient (Wildman–Crippen LogP) is 1.94. The number of aromatic nitrogens is 1. The smallest absolute Gasteiger partial charge is 0.313 e. The van der Waals surface area contributed by atoms with Crippen molar-refractivity contribution in [1.82, 2.24) is 10.3 Å². The van der Waals surface area contributed by atoms with Crippen molar-refractivity contribution in [1.29, 1.82) is 0 Å². The van der Waals surface area contributed by atoms with Gasteiger partial charge in [-0.15, -0.1) is 0 Å². The highest BCUT2D eigenvalue weighted by Crippen LogP contribution is 2.10. The van der Waals surface area contributed by atoms with Crippen molar-refractivity contribution in [2.45, 2.75) is 6.54 Å². The van der Waals surface area contributed by atoms with Crippen molar-refractivity contribution >= 4 is 40.1 Å². The number of amides is 2. The Bertz CT molecular complexity index is 600. The molecule has 20 heavy (non-hydrogen) atoms. The lowest BCUT2D eigenvalue weighted by Crippen LogP contribution is -2.35. The number of nitrogens with zero attached hydrogens (tertiary/aromatic N) is 1. The topological polar surface area (TPSA) is 71.1 Å². The van der Waals surface area contributed by atoms with Crippen LogP contribution in [0.4, 0.5) is 5.69 Å². The van der Waals surface area contributed by atoms with E-state index >= 15 is 0 Å². The van der Waals surface area contributed by atoms with E-state index in [0.29, 0.717) is 11.4 Å².